The Labute approximate surface area is 125 Å². The van der Waals surface area contributed by atoms with E-state index in [1.54, 1.807) is 22.5 Å². The maximum absolute atomic E-state index is 5.87. The second-order valence-corrected chi connectivity index (χ2v) is 5.85. The number of rotatable bonds is 5. The molecule has 0 bridgehead atoms. The van der Waals surface area contributed by atoms with Crippen LogP contribution >= 0.6 is 23.4 Å². The Morgan fingerprint density at radius 2 is 2.40 bits per heavy atom. The molecule has 0 amide bonds. The van der Waals surface area contributed by atoms with Gasteiger partial charge in [-0.2, -0.15) is 0 Å². The largest absolute Gasteiger partial charge is 0.376 e. The Bertz CT molecular complexity index is 572. The van der Waals surface area contributed by atoms with Gasteiger partial charge in [0.25, 0.3) is 0 Å². The number of halogens is 1. The summed E-state index contributed by atoms with van der Waals surface area (Å²) in [5.41, 5.74) is 0.911. The number of ether oxygens (including phenoxy) is 1. The second-order valence-electron chi connectivity index (χ2n) is 4.52. The fourth-order valence-corrected chi connectivity index (χ4v) is 3.04. The summed E-state index contributed by atoms with van der Waals surface area (Å²) < 4.78 is 7.40. The van der Waals surface area contributed by atoms with Crippen LogP contribution in [0.15, 0.2) is 23.4 Å². The molecule has 0 spiro atoms. The summed E-state index contributed by atoms with van der Waals surface area (Å²) >= 11 is 7.42. The molecule has 1 aliphatic heterocycles. The molecule has 3 heterocycles. The molecule has 0 saturated carbocycles. The van der Waals surface area contributed by atoms with E-state index in [0.29, 0.717) is 17.5 Å². The van der Waals surface area contributed by atoms with Crippen LogP contribution in [-0.2, 0) is 17.0 Å². The monoisotopic (exact) mass is 311 g/mol. The molecular formula is C12H14ClN5OS. The van der Waals surface area contributed by atoms with Crippen LogP contribution in [0, 0.1) is 0 Å². The van der Waals surface area contributed by atoms with Crippen LogP contribution in [0.3, 0.4) is 0 Å². The van der Waals surface area contributed by atoms with E-state index in [2.05, 4.69) is 20.5 Å². The van der Waals surface area contributed by atoms with Gasteiger partial charge in [-0.15, -0.1) is 5.10 Å². The minimum absolute atomic E-state index is 0.224. The standard InChI is InChI=1S/C12H14ClN5OS/c13-11-5-1-3-9(14-11)8-20-12-15-16-17-18(12)7-10-4-2-6-19-10/h1,3,5,10H,2,4,6-8H2/t10-/m0/s1. The fraction of sp³-hybridized carbons (Fsp3) is 0.500. The third-order valence-corrected chi connectivity index (χ3v) is 4.22. The topological polar surface area (TPSA) is 65.7 Å². The van der Waals surface area contributed by atoms with Gasteiger partial charge in [0.15, 0.2) is 0 Å². The van der Waals surface area contributed by atoms with E-state index in [9.17, 15) is 0 Å². The van der Waals surface area contributed by atoms with Gasteiger partial charge in [0.1, 0.15) is 5.15 Å². The van der Waals surface area contributed by atoms with Crippen LogP contribution in [-0.4, -0.2) is 37.9 Å². The number of hydrogen-bond donors (Lipinski definition) is 0. The first kappa shape index (κ1) is 13.8. The highest BCUT2D eigenvalue weighted by Crippen LogP contribution is 2.21. The average Bonchev–Trinajstić information content (AvgIpc) is 3.09. The molecule has 20 heavy (non-hydrogen) atoms. The van der Waals surface area contributed by atoms with Gasteiger partial charge in [-0.25, -0.2) is 9.67 Å². The zero-order chi connectivity index (χ0) is 13.8. The van der Waals surface area contributed by atoms with Gasteiger partial charge in [-0.05, 0) is 35.4 Å². The quantitative estimate of drug-likeness (QED) is 0.623. The molecule has 8 heteroatoms. The van der Waals surface area contributed by atoms with Crippen molar-refractivity contribution in [1.29, 1.82) is 0 Å². The summed E-state index contributed by atoms with van der Waals surface area (Å²) in [6.07, 6.45) is 2.41. The average molecular weight is 312 g/mol. The molecule has 3 rings (SSSR count). The Morgan fingerprint density at radius 3 is 3.20 bits per heavy atom. The number of thioether (sulfide) groups is 1. The Kier molecular flexibility index (Phi) is 4.49. The van der Waals surface area contributed by atoms with Gasteiger partial charge in [-0.3, -0.25) is 0 Å². The van der Waals surface area contributed by atoms with E-state index in [1.165, 1.54) is 0 Å². The molecule has 0 N–H and O–H groups in total. The van der Waals surface area contributed by atoms with Crippen LogP contribution in [0.1, 0.15) is 18.5 Å². The van der Waals surface area contributed by atoms with Crippen molar-refractivity contribution in [1.82, 2.24) is 25.2 Å². The van der Waals surface area contributed by atoms with Gasteiger partial charge in [0.05, 0.1) is 18.3 Å². The molecule has 0 aliphatic carbocycles. The smallest absolute Gasteiger partial charge is 0.209 e. The minimum atomic E-state index is 0.224. The lowest BCUT2D eigenvalue weighted by Crippen LogP contribution is -2.16. The molecule has 0 radical (unpaired) electrons. The molecule has 1 atom stereocenters. The number of tetrazole rings is 1. The van der Waals surface area contributed by atoms with Gasteiger partial charge >= 0.3 is 0 Å². The summed E-state index contributed by atoms with van der Waals surface area (Å²) in [6.45, 7) is 1.54. The first-order chi connectivity index (χ1) is 9.81. The van der Waals surface area contributed by atoms with Crippen molar-refractivity contribution >= 4 is 23.4 Å². The Morgan fingerprint density at radius 1 is 1.45 bits per heavy atom. The maximum atomic E-state index is 5.87. The normalized spacial score (nSPS) is 18.6. The van der Waals surface area contributed by atoms with Crippen molar-refractivity contribution in [3.05, 3.63) is 29.0 Å². The number of aromatic nitrogens is 5. The Hall–Kier alpha value is -1.18. The lowest BCUT2D eigenvalue weighted by molar-refractivity contribution is 0.0912. The zero-order valence-corrected chi connectivity index (χ0v) is 12.3. The van der Waals surface area contributed by atoms with Crippen molar-refractivity contribution in [3.63, 3.8) is 0 Å². The van der Waals surface area contributed by atoms with Crippen molar-refractivity contribution in [2.45, 2.75) is 36.4 Å². The Balaban J connectivity index is 1.61. The summed E-state index contributed by atoms with van der Waals surface area (Å²) in [4.78, 5) is 4.25. The third kappa shape index (κ3) is 3.47. The molecule has 106 valence electrons. The van der Waals surface area contributed by atoms with Gasteiger partial charge < -0.3 is 4.74 Å². The van der Waals surface area contributed by atoms with Crippen molar-refractivity contribution in [2.75, 3.05) is 6.61 Å². The van der Waals surface area contributed by atoms with Crippen LogP contribution < -0.4 is 0 Å². The molecule has 2 aromatic rings. The fourth-order valence-electron chi connectivity index (χ4n) is 2.06. The van der Waals surface area contributed by atoms with E-state index in [-0.39, 0.29) is 6.10 Å². The summed E-state index contributed by atoms with van der Waals surface area (Å²) in [5, 5.41) is 13.1. The minimum Gasteiger partial charge on any atom is -0.376 e. The molecule has 1 aliphatic rings. The van der Waals surface area contributed by atoms with Crippen LogP contribution in [0.5, 0.6) is 0 Å². The maximum Gasteiger partial charge on any atom is 0.209 e. The van der Waals surface area contributed by atoms with Crippen molar-refractivity contribution in [3.8, 4) is 0 Å². The van der Waals surface area contributed by atoms with Crippen LogP contribution in [0.25, 0.3) is 0 Å². The molecule has 2 aromatic heterocycles. The van der Waals surface area contributed by atoms with E-state index < -0.39 is 0 Å². The third-order valence-electron chi connectivity index (χ3n) is 3.02. The highest BCUT2D eigenvalue weighted by Gasteiger charge is 2.18. The predicted molar refractivity (Wildman–Crippen MR) is 75.6 cm³/mol. The first-order valence-electron chi connectivity index (χ1n) is 6.43. The van der Waals surface area contributed by atoms with Gasteiger partial charge in [0, 0.05) is 12.4 Å². The lowest BCUT2D eigenvalue weighted by Gasteiger charge is -2.09. The zero-order valence-electron chi connectivity index (χ0n) is 10.8. The van der Waals surface area contributed by atoms with E-state index in [0.717, 1.165) is 30.3 Å². The lowest BCUT2D eigenvalue weighted by atomic mass is 10.2. The van der Waals surface area contributed by atoms with Crippen LogP contribution in [0.4, 0.5) is 0 Å². The highest BCUT2D eigenvalue weighted by atomic mass is 35.5. The van der Waals surface area contributed by atoms with Gasteiger partial charge in [0.2, 0.25) is 5.16 Å². The van der Waals surface area contributed by atoms with Crippen molar-refractivity contribution in [2.24, 2.45) is 0 Å². The van der Waals surface area contributed by atoms with E-state index >= 15 is 0 Å². The second kappa shape index (κ2) is 6.51. The number of pyridine rings is 1. The van der Waals surface area contributed by atoms with E-state index in [4.69, 9.17) is 16.3 Å². The van der Waals surface area contributed by atoms with Gasteiger partial charge in [-0.1, -0.05) is 29.4 Å². The molecule has 1 fully saturated rings. The number of hydrogen-bond acceptors (Lipinski definition) is 6. The van der Waals surface area contributed by atoms with Crippen molar-refractivity contribution < 1.29 is 4.74 Å². The summed E-state index contributed by atoms with van der Waals surface area (Å²) in [6, 6.07) is 5.59. The number of nitrogens with zero attached hydrogens (tertiary/aromatic N) is 5. The predicted octanol–water partition coefficient (Wildman–Crippen LogP) is 2.19. The molecule has 6 nitrogen and oxygen atoms in total. The molecular weight excluding hydrogens is 298 g/mol. The molecule has 0 aromatic carbocycles. The molecule has 1 saturated heterocycles. The highest BCUT2D eigenvalue weighted by molar-refractivity contribution is 7.98. The first-order valence-corrected chi connectivity index (χ1v) is 7.79. The van der Waals surface area contributed by atoms with E-state index in [1.807, 2.05) is 12.1 Å². The van der Waals surface area contributed by atoms with Crippen LogP contribution in [0.2, 0.25) is 5.15 Å². The molecule has 0 unspecified atom stereocenters. The summed E-state index contributed by atoms with van der Waals surface area (Å²) in [7, 11) is 0. The summed E-state index contributed by atoms with van der Waals surface area (Å²) in [5.74, 6) is 0.687. The SMILES string of the molecule is Clc1cccc(CSc2nnnn2C[C@@H]2CCCO2)n1.